The molecule has 3 heterocycles. The van der Waals surface area contributed by atoms with Gasteiger partial charge in [0.1, 0.15) is 0 Å². The molecule has 0 aromatic carbocycles. The van der Waals surface area contributed by atoms with E-state index in [0.717, 1.165) is 12.8 Å². The number of carbonyl (C=O) groups excluding carboxylic acids is 1. The van der Waals surface area contributed by atoms with Crippen LogP contribution in [0.3, 0.4) is 0 Å². The number of morpholine rings is 1. The number of hydrogen-bond donors (Lipinski definition) is 1. The van der Waals surface area contributed by atoms with Crippen molar-refractivity contribution in [3.05, 3.63) is 0 Å². The van der Waals surface area contributed by atoms with Crippen LogP contribution < -0.4 is 5.32 Å². The number of rotatable bonds is 1. The van der Waals surface area contributed by atoms with Crippen molar-refractivity contribution in [2.24, 2.45) is 5.92 Å². The van der Waals surface area contributed by atoms with Gasteiger partial charge in [0.2, 0.25) is 5.91 Å². The van der Waals surface area contributed by atoms with Crippen molar-refractivity contribution in [2.75, 3.05) is 13.1 Å². The van der Waals surface area contributed by atoms with E-state index in [-0.39, 0.29) is 17.1 Å². The molecule has 4 nitrogen and oxygen atoms in total. The lowest BCUT2D eigenvalue weighted by Gasteiger charge is -2.48. The third kappa shape index (κ3) is 2.52. The van der Waals surface area contributed by atoms with E-state index in [0.29, 0.717) is 31.1 Å². The van der Waals surface area contributed by atoms with Crippen LogP contribution in [0.4, 0.5) is 0 Å². The van der Waals surface area contributed by atoms with Crippen LogP contribution in [-0.4, -0.2) is 47.2 Å². The Hall–Kier alpha value is -0.610. The van der Waals surface area contributed by atoms with E-state index >= 15 is 0 Å². The summed E-state index contributed by atoms with van der Waals surface area (Å²) in [6, 6.07) is 1.01. The molecule has 3 rings (SSSR count). The quantitative estimate of drug-likeness (QED) is 0.783. The summed E-state index contributed by atoms with van der Waals surface area (Å²) >= 11 is 0. The molecule has 2 bridgehead atoms. The van der Waals surface area contributed by atoms with Crippen molar-refractivity contribution in [3.8, 4) is 0 Å². The van der Waals surface area contributed by atoms with Crippen LogP contribution in [0.1, 0.15) is 47.0 Å². The molecular weight excluding hydrogens is 240 g/mol. The zero-order valence-electron chi connectivity index (χ0n) is 12.5. The minimum absolute atomic E-state index is 0.198. The molecule has 0 spiro atoms. The van der Waals surface area contributed by atoms with Crippen molar-refractivity contribution in [1.82, 2.24) is 10.2 Å². The second-order valence-corrected chi connectivity index (χ2v) is 7.71. The first-order valence-corrected chi connectivity index (χ1v) is 7.51. The van der Waals surface area contributed by atoms with Gasteiger partial charge in [-0.25, -0.2) is 0 Å². The standard InChI is InChI=1S/C15H26N2O2/c1-14(2)8-17(9-15(3,4)19-14)13(18)11-7-10-5-6-12(11)16-10/h10-12,16H,5-9H2,1-4H3. The van der Waals surface area contributed by atoms with Gasteiger partial charge in [-0.1, -0.05) is 0 Å². The van der Waals surface area contributed by atoms with Gasteiger partial charge in [-0.3, -0.25) is 4.79 Å². The Balaban J connectivity index is 1.73. The number of hydrogen-bond acceptors (Lipinski definition) is 3. The van der Waals surface area contributed by atoms with E-state index in [9.17, 15) is 4.79 Å². The molecule has 0 aliphatic carbocycles. The molecule has 0 radical (unpaired) electrons. The molecule has 4 heteroatoms. The predicted octanol–water partition coefficient (Wildman–Crippen LogP) is 1.54. The zero-order valence-corrected chi connectivity index (χ0v) is 12.5. The van der Waals surface area contributed by atoms with E-state index in [1.165, 1.54) is 6.42 Å². The molecule has 108 valence electrons. The SMILES string of the molecule is CC1(C)CN(C(=O)C2CC3CCC2N3)CC(C)(C)O1. The van der Waals surface area contributed by atoms with Gasteiger partial charge in [0, 0.05) is 25.2 Å². The van der Waals surface area contributed by atoms with Crippen molar-refractivity contribution >= 4 is 5.91 Å². The number of amides is 1. The topological polar surface area (TPSA) is 41.6 Å². The summed E-state index contributed by atoms with van der Waals surface area (Å²) in [5, 5.41) is 3.56. The summed E-state index contributed by atoms with van der Waals surface area (Å²) in [7, 11) is 0. The summed E-state index contributed by atoms with van der Waals surface area (Å²) in [6.45, 7) is 9.73. The number of nitrogens with zero attached hydrogens (tertiary/aromatic N) is 1. The van der Waals surface area contributed by atoms with Gasteiger partial charge in [0.15, 0.2) is 0 Å². The third-order valence-corrected chi connectivity index (χ3v) is 4.62. The van der Waals surface area contributed by atoms with E-state index in [4.69, 9.17) is 4.74 Å². The Morgan fingerprint density at radius 1 is 1.16 bits per heavy atom. The normalized spacial score (nSPS) is 39.6. The highest BCUT2D eigenvalue weighted by atomic mass is 16.5. The minimum Gasteiger partial charge on any atom is -0.366 e. The largest absolute Gasteiger partial charge is 0.366 e. The van der Waals surface area contributed by atoms with Gasteiger partial charge in [-0.05, 0) is 47.0 Å². The Labute approximate surface area is 115 Å². The Morgan fingerprint density at radius 2 is 1.79 bits per heavy atom. The van der Waals surface area contributed by atoms with Gasteiger partial charge in [-0.15, -0.1) is 0 Å². The molecule has 1 N–H and O–H groups in total. The smallest absolute Gasteiger partial charge is 0.227 e. The average Bonchev–Trinajstić information content (AvgIpc) is 2.85. The van der Waals surface area contributed by atoms with Gasteiger partial charge >= 0.3 is 0 Å². The highest BCUT2D eigenvalue weighted by molar-refractivity contribution is 5.80. The lowest BCUT2D eigenvalue weighted by atomic mass is 9.87. The van der Waals surface area contributed by atoms with Crippen LogP contribution in [0.5, 0.6) is 0 Å². The van der Waals surface area contributed by atoms with Crippen LogP contribution >= 0.6 is 0 Å². The van der Waals surface area contributed by atoms with Crippen LogP contribution in [0.2, 0.25) is 0 Å². The second kappa shape index (κ2) is 4.19. The van der Waals surface area contributed by atoms with Gasteiger partial charge in [0.25, 0.3) is 0 Å². The Morgan fingerprint density at radius 3 is 2.26 bits per heavy atom. The first kappa shape index (κ1) is 13.4. The maximum Gasteiger partial charge on any atom is 0.227 e. The van der Waals surface area contributed by atoms with Gasteiger partial charge in [-0.2, -0.15) is 0 Å². The highest BCUT2D eigenvalue weighted by Crippen LogP contribution is 2.36. The monoisotopic (exact) mass is 266 g/mol. The molecule has 3 saturated heterocycles. The molecular formula is C15H26N2O2. The molecule has 3 aliphatic heterocycles. The molecule has 1 amide bonds. The van der Waals surface area contributed by atoms with Crippen LogP contribution in [0.15, 0.2) is 0 Å². The fourth-order valence-electron chi connectivity index (χ4n) is 4.28. The lowest BCUT2D eigenvalue weighted by Crippen LogP contribution is -2.60. The van der Waals surface area contributed by atoms with Crippen LogP contribution in [0, 0.1) is 5.92 Å². The van der Waals surface area contributed by atoms with Crippen molar-refractivity contribution in [3.63, 3.8) is 0 Å². The molecule has 0 aromatic heterocycles. The number of ether oxygens (including phenoxy) is 1. The van der Waals surface area contributed by atoms with E-state index in [1.54, 1.807) is 0 Å². The third-order valence-electron chi connectivity index (χ3n) is 4.62. The number of nitrogens with one attached hydrogen (secondary N) is 1. The second-order valence-electron chi connectivity index (χ2n) is 7.71. The molecule has 3 unspecified atom stereocenters. The summed E-state index contributed by atoms with van der Waals surface area (Å²) in [5.41, 5.74) is -0.495. The van der Waals surface area contributed by atoms with Crippen molar-refractivity contribution in [1.29, 1.82) is 0 Å². The van der Waals surface area contributed by atoms with Crippen molar-refractivity contribution < 1.29 is 9.53 Å². The summed E-state index contributed by atoms with van der Waals surface area (Å²) in [5.74, 6) is 0.535. The summed E-state index contributed by atoms with van der Waals surface area (Å²) in [6.07, 6.45) is 3.44. The highest BCUT2D eigenvalue weighted by Gasteiger charge is 2.47. The van der Waals surface area contributed by atoms with E-state index < -0.39 is 0 Å². The Kier molecular flexibility index (Phi) is 2.95. The average molecular weight is 266 g/mol. The van der Waals surface area contributed by atoms with E-state index in [1.807, 2.05) is 4.90 Å². The van der Waals surface area contributed by atoms with Gasteiger partial charge in [0.05, 0.1) is 17.1 Å². The molecule has 0 aromatic rings. The molecule has 3 aliphatic rings. The zero-order chi connectivity index (χ0) is 13.8. The van der Waals surface area contributed by atoms with Crippen LogP contribution in [0.25, 0.3) is 0 Å². The first-order chi connectivity index (χ1) is 8.76. The van der Waals surface area contributed by atoms with E-state index in [2.05, 4.69) is 33.0 Å². The molecule has 3 atom stereocenters. The van der Waals surface area contributed by atoms with Crippen molar-refractivity contribution in [2.45, 2.75) is 70.2 Å². The van der Waals surface area contributed by atoms with Gasteiger partial charge < -0.3 is 15.0 Å². The molecule has 3 fully saturated rings. The summed E-state index contributed by atoms with van der Waals surface area (Å²) in [4.78, 5) is 14.8. The fourth-order valence-corrected chi connectivity index (χ4v) is 4.28. The fraction of sp³-hybridized carbons (Fsp3) is 0.933. The molecule has 19 heavy (non-hydrogen) atoms. The maximum atomic E-state index is 12.8. The predicted molar refractivity (Wildman–Crippen MR) is 73.9 cm³/mol. The maximum absolute atomic E-state index is 12.8. The van der Waals surface area contributed by atoms with Crippen LogP contribution in [-0.2, 0) is 9.53 Å². The first-order valence-electron chi connectivity index (χ1n) is 7.51. The number of fused-ring (bicyclic) bond motifs is 2. The number of carbonyl (C=O) groups is 1. The summed E-state index contributed by atoms with van der Waals surface area (Å²) < 4.78 is 6.06. The lowest BCUT2D eigenvalue weighted by molar-refractivity contribution is -0.190. The Bertz CT molecular complexity index is 376. The minimum atomic E-state index is -0.248. The molecule has 0 saturated carbocycles.